The van der Waals surface area contributed by atoms with E-state index in [-0.39, 0.29) is 11.3 Å². The Kier molecular flexibility index (Phi) is 3.96. The Morgan fingerprint density at radius 1 is 1.00 bits per heavy atom. The van der Waals surface area contributed by atoms with Gasteiger partial charge >= 0.3 is 0 Å². The van der Waals surface area contributed by atoms with Crippen LogP contribution in [0.25, 0.3) is 10.8 Å². The van der Waals surface area contributed by atoms with Gasteiger partial charge in [-0.3, -0.25) is 9.35 Å². The lowest BCUT2D eigenvalue weighted by Crippen LogP contribution is -2.17. The van der Waals surface area contributed by atoms with Crippen molar-refractivity contribution in [2.45, 2.75) is 4.90 Å². The van der Waals surface area contributed by atoms with Crippen LogP contribution in [-0.4, -0.2) is 18.9 Å². The van der Waals surface area contributed by atoms with Gasteiger partial charge in [-0.25, -0.2) is 0 Å². The molecule has 0 bridgehead atoms. The molecule has 0 saturated carbocycles. The maximum absolute atomic E-state index is 12.5. The maximum atomic E-state index is 12.5. The van der Waals surface area contributed by atoms with E-state index >= 15 is 0 Å². The Hall–Kier alpha value is -2.90. The summed E-state index contributed by atoms with van der Waals surface area (Å²) in [6, 6.07) is 16.5. The molecule has 0 fully saturated rings. The van der Waals surface area contributed by atoms with Gasteiger partial charge in [0.25, 0.3) is 16.0 Å². The molecule has 0 radical (unpaired) electrons. The minimum atomic E-state index is -4.55. The van der Waals surface area contributed by atoms with E-state index < -0.39 is 20.9 Å². The van der Waals surface area contributed by atoms with Crippen LogP contribution in [-0.2, 0) is 10.1 Å². The van der Waals surface area contributed by atoms with Crippen LogP contribution < -0.4 is 11.1 Å². The van der Waals surface area contributed by atoms with E-state index in [1.54, 1.807) is 12.1 Å². The number of carbonyl (C=O) groups is 1. The normalized spacial score (nSPS) is 11.4. The zero-order chi connectivity index (χ0) is 17.3. The van der Waals surface area contributed by atoms with Crippen LogP contribution in [0.5, 0.6) is 0 Å². The van der Waals surface area contributed by atoms with E-state index in [1.165, 1.54) is 12.1 Å². The first-order chi connectivity index (χ1) is 11.4. The first kappa shape index (κ1) is 16.0. The van der Waals surface area contributed by atoms with Gasteiger partial charge in [0.2, 0.25) is 0 Å². The van der Waals surface area contributed by atoms with Crippen molar-refractivity contribution in [3.8, 4) is 0 Å². The number of anilines is 2. The van der Waals surface area contributed by atoms with Crippen molar-refractivity contribution in [3.05, 3.63) is 66.2 Å². The molecule has 3 aromatic carbocycles. The third-order valence-electron chi connectivity index (χ3n) is 3.56. The molecule has 24 heavy (non-hydrogen) atoms. The van der Waals surface area contributed by atoms with E-state index in [0.717, 1.165) is 16.8 Å². The number of fused-ring (bicyclic) bond motifs is 1. The second kappa shape index (κ2) is 5.95. The molecule has 122 valence electrons. The second-order valence-electron chi connectivity index (χ2n) is 5.21. The van der Waals surface area contributed by atoms with Gasteiger partial charge in [-0.05, 0) is 29.7 Å². The fourth-order valence-corrected chi connectivity index (χ4v) is 3.14. The van der Waals surface area contributed by atoms with Crippen molar-refractivity contribution in [3.63, 3.8) is 0 Å². The number of nitrogens with one attached hydrogen (secondary N) is 1. The van der Waals surface area contributed by atoms with Gasteiger partial charge in [0, 0.05) is 16.8 Å². The van der Waals surface area contributed by atoms with Crippen LogP contribution in [0.15, 0.2) is 65.6 Å². The monoisotopic (exact) mass is 342 g/mol. The predicted molar refractivity (Wildman–Crippen MR) is 92.6 cm³/mol. The smallest absolute Gasteiger partial charge is 0.295 e. The molecule has 6 nitrogen and oxygen atoms in total. The molecular weight excluding hydrogens is 328 g/mol. The second-order valence-corrected chi connectivity index (χ2v) is 6.60. The zero-order valence-corrected chi connectivity index (χ0v) is 13.2. The number of benzene rings is 3. The highest BCUT2D eigenvalue weighted by Gasteiger charge is 2.21. The van der Waals surface area contributed by atoms with Gasteiger partial charge in [-0.2, -0.15) is 8.42 Å². The minimum absolute atomic E-state index is 0.213. The van der Waals surface area contributed by atoms with Crippen molar-refractivity contribution in [2.24, 2.45) is 0 Å². The molecular formula is C17H14N2O4S. The van der Waals surface area contributed by atoms with Gasteiger partial charge in [0.05, 0.1) is 5.56 Å². The molecule has 0 saturated heterocycles. The molecule has 0 atom stereocenters. The van der Waals surface area contributed by atoms with Crippen molar-refractivity contribution >= 4 is 38.2 Å². The minimum Gasteiger partial charge on any atom is -0.399 e. The summed E-state index contributed by atoms with van der Waals surface area (Å²) in [7, 11) is -4.55. The van der Waals surface area contributed by atoms with Crippen molar-refractivity contribution in [1.29, 1.82) is 0 Å². The van der Waals surface area contributed by atoms with Crippen LogP contribution in [0.3, 0.4) is 0 Å². The van der Waals surface area contributed by atoms with Crippen molar-refractivity contribution < 1.29 is 17.8 Å². The fourth-order valence-electron chi connectivity index (χ4n) is 2.47. The average molecular weight is 342 g/mol. The molecule has 3 rings (SSSR count). The number of nitrogen functional groups attached to an aromatic ring is 1. The molecule has 0 unspecified atom stereocenters. The highest BCUT2D eigenvalue weighted by Crippen LogP contribution is 2.25. The third-order valence-corrected chi connectivity index (χ3v) is 4.48. The number of nitrogens with two attached hydrogens (primary N) is 1. The molecule has 0 aliphatic carbocycles. The van der Waals surface area contributed by atoms with E-state index in [2.05, 4.69) is 5.32 Å². The van der Waals surface area contributed by atoms with E-state index in [9.17, 15) is 17.8 Å². The van der Waals surface area contributed by atoms with Crippen LogP contribution in [0.2, 0.25) is 0 Å². The molecule has 0 aliphatic heterocycles. The molecule has 0 aliphatic rings. The zero-order valence-electron chi connectivity index (χ0n) is 12.4. The summed E-state index contributed by atoms with van der Waals surface area (Å²) in [5, 5.41) is 4.41. The van der Waals surface area contributed by atoms with Crippen molar-refractivity contribution in [1.82, 2.24) is 0 Å². The summed E-state index contributed by atoms with van der Waals surface area (Å²) in [6.07, 6.45) is 0. The predicted octanol–water partition coefficient (Wildman–Crippen LogP) is 2.92. The molecule has 3 aromatic rings. The average Bonchev–Trinajstić information content (AvgIpc) is 2.54. The quantitative estimate of drug-likeness (QED) is 0.501. The maximum Gasteiger partial charge on any atom is 0.295 e. The van der Waals surface area contributed by atoms with Crippen LogP contribution in [0.1, 0.15) is 10.4 Å². The molecule has 0 spiro atoms. The molecule has 4 N–H and O–H groups in total. The number of amides is 1. The Labute approximate surface area is 138 Å². The fraction of sp³-hybridized carbons (Fsp3) is 0. The molecule has 0 heterocycles. The highest BCUT2D eigenvalue weighted by atomic mass is 32.2. The van der Waals surface area contributed by atoms with Gasteiger partial charge in [-0.1, -0.05) is 36.4 Å². The number of hydrogen-bond donors (Lipinski definition) is 3. The summed E-state index contributed by atoms with van der Waals surface area (Å²) in [4.78, 5) is 12.0. The lowest BCUT2D eigenvalue weighted by Gasteiger charge is -2.11. The first-order valence-electron chi connectivity index (χ1n) is 7.02. The Morgan fingerprint density at radius 3 is 2.46 bits per heavy atom. The number of hydrogen-bond acceptors (Lipinski definition) is 4. The third kappa shape index (κ3) is 3.08. The SMILES string of the molecule is Nc1ccc(S(=O)(=O)O)c(C(=O)Nc2cccc3ccccc23)c1. The molecule has 7 heteroatoms. The Balaban J connectivity index is 2.06. The largest absolute Gasteiger partial charge is 0.399 e. The number of rotatable bonds is 3. The standard InChI is InChI=1S/C17H14N2O4S/c18-12-8-9-16(24(21,22)23)14(10-12)17(20)19-15-7-3-5-11-4-1-2-6-13(11)15/h1-10H,18H2,(H,19,20)(H,21,22,23). The molecule has 0 aromatic heterocycles. The Bertz CT molecular complexity index is 1040. The van der Waals surface area contributed by atoms with Crippen LogP contribution >= 0.6 is 0 Å². The van der Waals surface area contributed by atoms with Crippen LogP contribution in [0, 0.1) is 0 Å². The summed E-state index contributed by atoms with van der Waals surface area (Å²) in [5.74, 6) is -0.675. The van der Waals surface area contributed by atoms with E-state index in [0.29, 0.717) is 5.69 Å². The number of carbonyl (C=O) groups excluding carboxylic acids is 1. The van der Waals surface area contributed by atoms with E-state index in [1.807, 2.05) is 30.3 Å². The molecule has 1 amide bonds. The van der Waals surface area contributed by atoms with Gasteiger partial charge in [0.15, 0.2) is 0 Å². The Morgan fingerprint density at radius 2 is 1.71 bits per heavy atom. The van der Waals surface area contributed by atoms with Gasteiger partial charge in [0.1, 0.15) is 4.90 Å². The van der Waals surface area contributed by atoms with Crippen molar-refractivity contribution in [2.75, 3.05) is 11.1 Å². The van der Waals surface area contributed by atoms with Gasteiger partial charge in [-0.15, -0.1) is 0 Å². The summed E-state index contributed by atoms with van der Waals surface area (Å²) < 4.78 is 32.2. The first-order valence-corrected chi connectivity index (χ1v) is 8.46. The lowest BCUT2D eigenvalue weighted by atomic mass is 10.1. The summed E-state index contributed by atoms with van der Waals surface area (Å²) in [6.45, 7) is 0. The topological polar surface area (TPSA) is 109 Å². The van der Waals surface area contributed by atoms with Crippen LogP contribution in [0.4, 0.5) is 11.4 Å². The van der Waals surface area contributed by atoms with E-state index in [4.69, 9.17) is 5.73 Å². The summed E-state index contributed by atoms with van der Waals surface area (Å²) in [5.41, 5.74) is 6.16. The van der Waals surface area contributed by atoms with Gasteiger partial charge < -0.3 is 11.1 Å². The highest BCUT2D eigenvalue weighted by molar-refractivity contribution is 7.86. The summed E-state index contributed by atoms with van der Waals surface area (Å²) >= 11 is 0. The lowest BCUT2D eigenvalue weighted by molar-refractivity contribution is 0.102.